The average Bonchev–Trinajstić information content (AvgIpc) is 3.11. The van der Waals surface area contributed by atoms with Crippen LogP contribution in [-0.4, -0.2) is 20.7 Å². The largest absolute Gasteiger partial charge is 0.305 e. The normalized spacial score (nSPS) is 10.7. The van der Waals surface area contributed by atoms with E-state index in [4.69, 9.17) is 4.98 Å². The van der Waals surface area contributed by atoms with E-state index in [0.29, 0.717) is 17.2 Å². The third-order valence-corrected chi connectivity index (χ3v) is 4.85. The van der Waals surface area contributed by atoms with Gasteiger partial charge >= 0.3 is 0 Å². The number of benzene rings is 2. The minimum absolute atomic E-state index is 0.273. The second-order valence-electron chi connectivity index (χ2n) is 7.02. The van der Waals surface area contributed by atoms with Crippen molar-refractivity contribution in [2.24, 2.45) is 0 Å². The van der Waals surface area contributed by atoms with Crippen molar-refractivity contribution in [3.8, 4) is 11.9 Å². The topological polar surface area (TPSA) is 83.6 Å². The van der Waals surface area contributed by atoms with E-state index in [1.165, 1.54) is 10.9 Å². The van der Waals surface area contributed by atoms with E-state index in [1.807, 2.05) is 57.2 Å². The van der Waals surface area contributed by atoms with E-state index in [2.05, 4.69) is 16.5 Å². The molecular formula is C23H19N5O. The smallest absolute Gasteiger partial charge is 0.256 e. The van der Waals surface area contributed by atoms with E-state index < -0.39 is 0 Å². The Kier molecular flexibility index (Phi) is 4.57. The van der Waals surface area contributed by atoms with Gasteiger partial charge in [-0.05, 0) is 50.1 Å². The van der Waals surface area contributed by atoms with Gasteiger partial charge in [-0.3, -0.25) is 4.79 Å². The molecule has 29 heavy (non-hydrogen) atoms. The first-order valence-corrected chi connectivity index (χ1v) is 9.21. The maximum Gasteiger partial charge on any atom is 0.256 e. The summed E-state index contributed by atoms with van der Waals surface area (Å²) in [6.45, 7) is 5.93. The molecule has 0 aliphatic rings. The molecule has 0 saturated heterocycles. The summed E-state index contributed by atoms with van der Waals surface area (Å²) in [5.74, 6) is 0.546. The molecule has 1 N–H and O–H groups in total. The Bertz CT molecular complexity index is 1300. The number of hydrogen-bond acceptors (Lipinski definition) is 4. The Hall–Kier alpha value is -3.98. The van der Waals surface area contributed by atoms with Crippen molar-refractivity contribution in [1.29, 1.82) is 5.26 Å². The highest BCUT2D eigenvalue weighted by molar-refractivity contribution is 6.04. The van der Waals surface area contributed by atoms with Crippen molar-refractivity contribution in [3.05, 3.63) is 82.5 Å². The molecule has 0 aliphatic carbocycles. The number of amides is 1. The predicted molar refractivity (Wildman–Crippen MR) is 112 cm³/mol. The summed E-state index contributed by atoms with van der Waals surface area (Å²) in [5.41, 5.74) is 4.72. The van der Waals surface area contributed by atoms with Crippen LogP contribution in [0.1, 0.15) is 32.6 Å². The molecule has 4 rings (SSSR count). The molecule has 0 fully saturated rings. The van der Waals surface area contributed by atoms with Crippen molar-refractivity contribution in [2.45, 2.75) is 20.8 Å². The zero-order valence-corrected chi connectivity index (χ0v) is 16.4. The maximum absolute atomic E-state index is 12.8. The van der Waals surface area contributed by atoms with Crippen LogP contribution >= 0.6 is 0 Å². The second kappa shape index (κ2) is 7.21. The van der Waals surface area contributed by atoms with Crippen LogP contribution in [0.15, 0.2) is 54.7 Å². The Morgan fingerprint density at radius 2 is 1.86 bits per heavy atom. The number of aryl methyl sites for hydroxylation is 3. The number of anilines is 1. The van der Waals surface area contributed by atoms with Crippen LogP contribution in [0.25, 0.3) is 16.7 Å². The lowest BCUT2D eigenvalue weighted by Crippen LogP contribution is -2.16. The number of hydrogen-bond donors (Lipinski definition) is 1. The number of carbonyl (C=O) groups excluding carboxylic acids is 1. The number of nitriles is 1. The summed E-state index contributed by atoms with van der Waals surface area (Å²) in [6, 6.07) is 17.3. The summed E-state index contributed by atoms with van der Waals surface area (Å²) in [5, 5.41) is 17.7. The van der Waals surface area contributed by atoms with Crippen molar-refractivity contribution in [2.75, 3.05) is 5.32 Å². The number of nitrogens with one attached hydrogen (secondary N) is 1. The van der Waals surface area contributed by atoms with E-state index in [0.717, 1.165) is 27.6 Å². The zero-order valence-electron chi connectivity index (χ0n) is 16.4. The molecule has 6 nitrogen and oxygen atoms in total. The van der Waals surface area contributed by atoms with E-state index >= 15 is 0 Å². The van der Waals surface area contributed by atoms with Crippen LogP contribution in [0.2, 0.25) is 0 Å². The number of carbonyl (C=O) groups is 1. The molecule has 142 valence electrons. The highest BCUT2D eigenvalue weighted by Crippen LogP contribution is 2.25. The van der Waals surface area contributed by atoms with E-state index in [9.17, 15) is 10.1 Å². The molecule has 0 atom stereocenters. The van der Waals surface area contributed by atoms with Gasteiger partial charge < -0.3 is 5.32 Å². The lowest BCUT2D eigenvalue weighted by Gasteiger charge is -2.12. The van der Waals surface area contributed by atoms with Crippen LogP contribution in [0.3, 0.4) is 0 Å². The molecule has 0 unspecified atom stereocenters. The number of rotatable bonds is 3. The number of para-hydroxylation sites is 1. The highest BCUT2D eigenvalue weighted by atomic mass is 16.1. The summed E-state index contributed by atoms with van der Waals surface area (Å²) >= 11 is 0. The first-order chi connectivity index (χ1) is 14.0. The molecule has 0 radical (unpaired) electrons. The van der Waals surface area contributed by atoms with Gasteiger partial charge in [-0.25, -0.2) is 4.98 Å². The Labute approximate surface area is 168 Å². The maximum atomic E-state index is 12.8. The monoisotopic (exact) mass is 381 g/mol. The fraction of sp³-hybridized carbons (Fsp3) is 0.130. The van der Waals surface area contributed by atoms with E-state index in [-0.39, 0.29) is 11.5 Å². The first kappa shape index (κ1) is 18.4. The van der Waals surface area contributed by atoms with Crippen molar-refractivity contribution >= 4 is 22.6 Å². The highest BCUT2D eigenvalue weighted by Gasteiger charge is 2.18. The van der Waals surface area contributed by atoms with Crippen LogP contribution in [0, 0.1) is 32.1 Å². The summed E-state index contributed by atoms with van der Waals surface area (Å²) in [6.07, 6.45) is 1.44. The third kappa shape index (κ3) is 3.34. The molecule has 0 bridgehead atoms. The Morgan fingerprint density at radius 1 is 1.07 bits per heavy atom. The molecule has 0 saturated carbocycles. The minimum atomic E-state index is -0.305. The van der Waals surface area contributed by atoms with Gasteiger partial charge in [0.2, 0.25) is 0 Å². The van der Waals surface area contributed by atoms with Crippen LogP contribution < -0.4 is 5.32 Å². The summed E-state index contributed by atoms with van der Waals surface area (Å²) in [7, 11) is 0. The Morgan fingerprint density at radius 3 is 2.62 bits per heavy atom. The van der Waals surface area contributed by atoms with Gasteiger partial charge in [0.15, 0.2) is 11.6 Å². The van der Waals surface area contributed by atoms with Gasteiger partial charge in [-0.15, -0.1) is 0 Å². The van der Waals surface area contributed by atoms with Crippen molar-refractivity contribution < 1.29 is 4.79 Å². The molecule has 2 heterocycles. The van der Waals surface area contributed by atoms with Gasteiger partial charge in [0.25, 0.3) is 5.91 Å². The summed E-state index contributed by atoms with van der Waals surface area (Å²) < 4.78 is 1.51. The zero-order chi connectivity index (χ0) is 20.5. The van der Waals surface area contributed by atoms with Crippen molar-refractivity contribution in [1.82, 2.24) is 14.8 Å². The number of nitrogens with zero attached hydrogens (tertiary/aromatic N) is 4. The fourth-order valence-corrected chi connectivity index (χ4v) is 3.34. The molecular weight excluding hydrogens is 362 g/mol. The number of pyridine rings is 1. The SMILES string of the molecule is Cc1cccc(C(=O)Nc2c(C#N)cnn2-c2cc(C)c3cccc(C)c3n2)c1. The van der Waals surface area contributed by atoms with Crippen molar-refractivity contribution in [3.63, 3.8) is 0 Å². The van der Waals surface area contributed by atoms with Crippen LogP contribution in [-0.2, 0) is 0 Å². The lowest BCUT2D eigenvalue weighted by atomic mass is 10.1. The number of fused-ring (bicyclic) bond motifs is 1. The van der Waals surface area contributed by atoms with Crippen LogP contribution in [0.4, 0.5) is 5.82 Å². The summed E-state index contributed by atoms with van der Waals surface area (Å²) in [4.78, 5) is 17.5. The number of aromatic nitrogens is 3. The van der Waals surface area contributed by atoms with Gasteiger partial charge in [0.05, 0.1) is 11.7 Å². The standard InChI is InChI=1S/C23H19N5O/c1-14-6-4-8-17(10-14)23(29)27-22-18(12-24)13-25-28(22)20-11-16(3)19-9-5-7-15(2)21(19)26-20/h4-11,13H,1-3H3,(H,27,29). The van der Waals surface area contributed by atoms with E-state index in [1.54, 1.807) is 12.1 Å². The fourth-order valence-electron chi connectivity index (χ4n) is 3.34. The Balaban J connectivity index is 1.82. The molecule has 0 spiro atoms. The lowest BCUT2D eigenvalue weighted by molar-refractivity contribution is 0.102. The van der Waals surface area contributed by atoms with Crippen LogP contribution in [0.5, 0.6) is 0 Å². The molecule has 6 heteroatoms. The van der Waals surface area contributed by atoms with Gasteiger partial charge in [0, 0.05) is 10.9 Å². The van der Waals surface area contributed by atoms with Gasteiger partial charge in [0.1, 0.15) is 11.6 Å². The molecule has 0 aliphatic heterocycles. The first-order valence-electron chi connectivity index (χ1n) is 9.21. The third-order valence-electron chi connectivity index (χ3n) is 4.85. The molecule has 2 aromatic carbocycles. The molecule has 1 amide bonds. The quantitative estimate of drug-likeness (QED) is 0.567. The second-order valence-corrected chi connectivity index (χ2v) is 7.02. The predicted octanol–water partition coefficient (Wildman–Crippen LogP) is 4.47. The minimum Gasteiger partial charge on any atom is -0.305 e. The molecule has 2 aromatic heterocycles. The average molecular weight is 381 g/mol. The molecule has 4 aromatic rings. The van der Waals surface area contributed by atoms with Gasteiger partial charge in [-0.2, -0.15) is 15.0 Å². The van der Waals surface area contributed by atoms with Gasteiger partial charge in [-0.1, -0.05) is 35.9 Å².